The fraction of sp³-hybridized carbons (Fsp3) is 0.667. The van der Waals surface area contributed by atoms with Gasteiger partial charge in [-0.25, -0.2) is 4.79 Å². The van der Waals surface area contributed by atoms with Gasteiger partial charge in [-0.2, -0.15) is 8.42 Å². The van der Waals surface area contributed by atoms with Crippen LogP contribution in [0.4, 0.5) is 0 Å². The maximum atomic E-state index is 11.6. The Morgan fingerprint density at radius 2 is 1.38 bits per heavy atom. The van der Waals surface area contributed by atoms with Crippen molar-refractivity contribution in [2.24, 2.45) is 0 Å². The third kappa shape index (κ3) is 8.78. The molecule has 0 radical (unpaired) electrons. The number of carbonyl (C=O) groups is 1. The van der Waals surface area contributed by atoms with Gasteiger partial charge in [-0.15, -0.1) is 4.73 Å². The number of hydrogen-bond donors (Lipinski definition) is 3. The molecule has 0 aliphatic rings. The lowest BCUT2D eigenvalue weighted by Crippen LogP contribution is -2.18. The maximum Gasteiger partial charge on any atom is 0.333 e. The second-order valence-corrected chi connectivity index (χ2v) is 7.24. The number of unbranched alkanes of at least 4 members (excludes halogenated alkanes) is 7. The Labute approximate surface area is 141 Å². The van der Waals surface area contributed by atoms with E-state index < -0.39 is 16.1 Å². The number of aromatic nitrogens is 1. The number of nitrogens with zero attached hydrogens (tertiary/aromatic N) is 1. The Morgan fingerprint density at radius 1 is 0.917 bits per heavy atom. The van der Waals surface area contributed by atoms with Crippen LogP contribution in [0.5, 0.6) is 11.8 Å². The van der Waals surface area contributed by atoms with E-state index in [4.69, 9.17) is 9.39 Å². The molecule has 8 nitrogen and oxygen atoms in total. The second kappa shape index (κ2) is 10.2. The van der Waals surface area contributed by atoms with Crippen LogP contribution in [0.15, 0.2) is 12.1 Å². The molecule has 3 N–H and O–H groups in total. The highest BCUT2D eigenvalue weighted by molar-refractivity contribution is 7.85. The molecule has 0 aliphatic heterocycles. The normalized spacial score (nSPS) is 11.5. The summed E-state index contributed by atoms with van der Waals surface area (Å²) in [4.78, 5) is 16.4. The van der Waals surface area contributed by atoms with E-state index in [2.05, 4.69) is 0 Å². The van der Waals surface area contributed by atoms with Gasteiger partial charge in [0.05, 0.1) is 5.75 Å². The fourth-order valence-corrected chi connectivity index (χ4v) is 2.83. The van der Waals surface area contributed by atoms with Crippen LogP contribution in [-0.4, -0.2) is 39.6 Å². The lowest BCUT2D eigenvalue weighted by Gasteiger charge is -2.06. The topological polar surface area (TPSA) is 126 Å². The van der Waals surface area contributed by atoms with E-state index in [1.54, 1.807) is 0 Å². The van der Waals surface area contributed by atoms with Gasteiger partial charge in [-0.3, -0.25) is 4.55 Å². The average molecular weight is 363 g/mol. The molecular formula is C15H25NO7S. The van der Waals surface area contributed by atoms with Crippen molar-refractivity contribution in [3.05, 3.63) is 12.1 Å². The van der Waals surface area contributed by atoms with Crippen molar-refractivity contribution in [3.8, 4) is 11.8 Å². The molecular weight excluding hydrogens is 338 g/mol. The van der Waals surface area contributed by atoms with E-state index >= 15 is 0 Å². The van der Waals surface area contributed by atoms with Crippen LogP contribution in [0.2, 0.25) is 0 Å². The van der Waals surface area contributed by atoms with Gasteiger partial charge in [0, 0.05) is 18.6 Å². The third-order valence-electron chi connectivity index (χ3n) is 3.52. The summed E-state index contributed by atoms with van der Waals surface area (Å²) in [7, 11) is -3.84. The highest BCUT2D eigenvalue weighted by atomic mass is 32.2. The van der Waals surface area contributed by atoms with Gasteiger partial charge in [-0.1, -0.05) is 38.5 Å². The number of carbonyl (C=O) groups excluding carboxylic acids is 1. The number of hydrogen-bond acceptors (Lipinski definition) is 6. The Kier molecular flexibility index (Phi) is 8.62. The highest BCUT2D eigenvalue weighted by Crippen LogP contribution is 2.19. The lowest BCUT2D eigenvalue weighted by atomic mass is 10.1. The number of aromatic hydroxyl groups is 2. The van der Waals surface area contributed by atoms with Gasteiger partial charge in [-0.05, 0) is 12.8 Å². The summed E-state index contributed by atoms with van der Waals surface area (Å²) < 4.78 is 30.3. The predicted octanol–water partition coefficient (Wildman–Crippen LogP) is 2.25. The fourth-order valence-electron chi connectivity index (χ4n) is 2.26. The van der Waals surface area contributed by atoms with Gasteiger partial charge in [0.2, 0.25) is 11.8 Å². The summed E-state index contributed by atoms with van der Waals surface area (Å²) in [5.41, 5.74) is 0. The molecule has 0 spiro atoms. The van der Waals surface area contributed by atoms with E-state index in [0.29, 0.717) is 17.6 Å². The first kappa shape index (κ1) is 20.3. The zero-order chi connectivity index (χ0) is 18.0. The largest absolute Gasteiger partial charge is 0.492 e. The molecule has 0 aliphatic carbocycles. The van der Waals surface area contributed by atoms with Crippen molar-refractivity contribution in [2.75, 3.05) is 5.75 Å². The van der Waals surface area contributed by atoms with Crippen molar-refractivity contribution in [2.45, 2.75) is 57.8 Å². The molecule has 1 aromatic rings. The van der Waals surface area contributed by atoms with Crippen molar-refractivity contribution in [3.63, 3.8) is 0 Å². The molecule has 0 bridgehead atoms. The lowest BCUT2D eigenvalue weighted by molar-refractivity contribution is -0.145. The SMILES string of the molecule is O=C(CCCCCCCCCCS(=O)(=O)O)On1c(O)ccc1O. The maximum absolute atomic E-state index is 11.6. The Bertz CT molecular complexity index is 590. The minimum Gasteiger partial charge on any atom is -0.492 e. The van der Waals surface area contributed by atoms with Crippen LogP contribution in [0.25, 0.3) is 0 Å². The number of rotatable bonds is 12. The zero-order valence-electron chi connectivity index (χ0n) is 13.6. The minimum absolute atomic E-state index is 0.179. The molecule has 1 aromatic heterocycles. The first-order chi connectivity index (χ1) is 11.3. The molecule has 0 fully saturated rings. The smallest absolute Gasteiger partial charge is 0.333 e. The van der Waals surface area contributed by atoms with E-state index in [0.717, 1.165) is 38.5 Å². The summed E-state index contributed by atoms with van der Waals surface area (Å²) in [6.07, 6.45) is 6.84. The Balaban J connectivity index is 1.98. The molecule has 9 heteroatoms. The third-order valence-corrected chi connectivity index (χ3v) is 4.33. The van der Waals surface area contributed by atoms with Gasteiger partial charge in [0.25, 0.3) is 10.1 Å². The Hall–Kier alpha value is -1.74. The van der Waals surface area contributed by atoms with Crippen molar-refractivity contribution < 1.29 is 32.8 Å². The van der Waals surface area contributed by atoms with E-state index in [1.807, 2.05) is 0 Å². The highest BCUT2D eigenvalue weighted by Gasteiger charge is 2.11. The quantitative estimate of drug-likeness (QED) is 0.384. The molecule has 0 aromatic carbocycles. The molecule has 24 heavy (non-hydrogen) atoms. The molecule has 0 unspecified atom stereocenters. The van der Waals surface area contributed by atoms with Crippen molar-refractivity contribution in [1.82, 2.24) is 4.73 Å². The predicted molar refractivity (Wildman–Crippen MR) is 87.3 cm³/mol. The van der Waals surface area contributed by atoms with Crippen LogP contribution in [0.3, 0.4) is 0 Å². The van der Waals surface area contributed by atoms with Gasteiger partial charge in [0.15, 0.2) is 0 Å². The summed E-state index contributed by atoms with van der Waals surface area (Å²) in [6, 6.07) is 2.44. The van der Waals surface area contributed by atoms with Crippen LogP contribution in [-0.2, 0) is 14.9 Å². The minimum atomic E-state index is -3.84. The van der Waals surface area contributed by atoms with E-state index in [1.165, 1.54) is 12.1 Å². The molecule has 1 rings (SSSR count). The monoisotopic (exact) mass is 363 g/mol. The van der Waals surface area contributed by atoms with Gasteiger partial charge >= 0.3 is 5.97 Å². The van der Waals surface area contributed by atoms with Crippen LogP contribution < -0.4 is 4.84 Å². The summed E-state index contributed by atoms with van der Waals surface area (Å²) in [5.74, 6) is -1.38. The van der Waals surface area contributed by atoms with Crippen LogP contribution in [0, 0.1) is 0 Å². The van der Waals surface area contributed by atoms with Crippen LogP contribution in [0.1, 0.15) is 57.8 Å². The van der Waals surface area contributed by atoms with E-state index in [-0.39, 0.29) is 23.9 Å². The molecule has 0 atom stereocenters. The molecule has 0 saturated heterocycles. The molecule has 138 valence electrons. The van der Waals surface area contributed by atoms with Crippen molar-refractivity contribution in [1.29, 1.82) is 0 Å². The standard InChI is InChI=1S/C15H25NO7S/c17-13-10-11-14(18)16(13)23-15(19)9-7-5-3-1-2-4-6-8-12-24(20,21)22/h10-11,17-18H,1-9,12H2,(H,20,21,22). The summed E-state index contributed by atoms with van der Waals surface area (Å²) >= 11 is 0. The molecule has 0 saturated carbocycles. The summed E-state index contributed by atoms with van der Waals surface area (Å²) in [6.45, 7) is 0. The second-order valence-electron chi connectivity index (χ2n) is 5.67. The van der Waals surface area contributed by atoms with Crippen LogP contribution >= 0.6 is 0 Å². The molecule has 0 amide bonds. The van der Waals surface area contributed by atoms with E-state index in [9.17, 15) is 23.4 Å². The summed E-state index contributed by atoms with van der Waals surface area (Å²) in [5, 5.41) is 18.7. The first-order valence-electron chi connectivity index (χ1n) is 8.05. The average Bonchev–Trinajstić information content (AvgIpc) is 2.80. The zero-order valence-corrected chi connectivity index (χ0v) is 14.4. The van der Waals surface area contributed by atoms with Gasteiger partial charge in [0.1, 0.15) is 0 Å². The molecule has 1 heterocycles. The first-order valence-corrected chi connectivity index (χ1v) is 9.66. The van der Waals surface area contributed by atoms with Gasteiger partial charge < -0.3 is 15.1 Å². The Morgan fingerprint density at radius 3 is 1.88 bits per heavy atom. The van der Waals surface area contributed by atoms with Crippen molar-refractivity contribution >= 4 is 16.1 Å².